The van der Waals surface area contributed by atoms with Crippen molar-refractivity contribution in [3.05, 3.63) is 23.8 Å². The summed E-state index contributed by atoms with van der Waals surface area (Å²) in [6, 6.07) is 0. The van der Waals surface area contributed by atoms with Crippen LogP contribution in [0.1, 0.15) is 11.4 Å². The molecule has 1 aromatic heterocycles. The first kappa shape index (κ1) is 10.6. The van der Waals surface area contributed by atoms with E-state index in [4.69, 9.17) is 0 Å². The zero-order valence-electron chi connectivity index (χ0n) is 8.10. The molecule has 5 heteroatoms. The number of aryl methyl sites for hydroxylation is 1. The van der Waals surface area contributed by atoms with Crippen molar-refractivity contribution < 1.29 is 14.6 Å². The number of esters is 1. The van der Waals surface area contributed by atoms with Crippen LogP contribution in [0.25, 0.3) is 0 Å². The van der Waals surface area contributed by atoms with Crippen molar-refractivity contribution >= 4 is 5.97 Å². The van der Waals surface area contributed by atoms with E-state index in [0.717, 1.165) is 5.69 Å². The number of aliphatic hydroxyl groups is 1. The van der Waals surface area contributed by atoms with E-state index in [2.05, 4.69) is 14.7 Å². The topological polar surface area (TPSA) is 72.3 Å². The van der Waals surface area contributed by atoms with E-state index in [1.165, 1.54) is 13.3 Å². The lowest BCUT2D eigenvalue weighted by Crippen LogP contribution is -2.24. The number of carbonyl (C=O) groups is 1. The largest absolute Gasteiger partial charge is 0.467 e. The monoisotopic (exact) mass is 196 g/mol. The number of ether oxygens (including phenoxy) is 1. The number of nitrogens with zero attached hydrogens (tertiary/aromatic N) is 2. The molecule has 1 N–H and O–H groups in total. The summed E-state index contributed by atoms with van der Waals surface area (Å²) in [7, 11) is 1.23. The highest BCUT2D eigenvalue weighted by molar-refractivity contribution is 5.74. The molecule has 1 heterocycles. The molecule has 76 valence electrons. The van der Waals surface area contributed by atoms with Gasteiger partial charge in [0, 0.05) is 18.8 Å². The van der Waals surface area contributed by atoms with Crippen LogP contribution in [-0.4, -0.2) is 34.3 Å². The van der Waals surface area contributed by atoms with Gasteiger partial charge in [-0.05, 0) is 6.92 Å². The van der Waals surface area contributed by atoms with Crippen LogP contribution in [0.5, 0.6) is 0 Å². The molecular formula is C9H12N2O3. The molecule has 5 nitrogen and oxygen atoms in total. The van der Waals surface area contributed by atoms with Crippen molar-refractivity contribution in [2.75, 3.05) is 7.11 Å². The van der Waals surface area contributed by atoms with Gasteiger partial charge in [0.1, 0.15) is 0 Å². The molecule has 0 fully saturated rings. The van der Waals surface area contributed by atoms with Crippen LogP contribution in [0.3, 0.4) is 0 Å². The van der Waals surface area contributed by atoms with E-state index >= 15 is 0 Å². The van der Waals surface area contributed by atoms with Crippen molar-refractivity contribution in [2.45, 2.75) is 19.4 Å². The minimum Gasteiger partial charge on any atom is -0.467 e. The van der Waals surface area contributed by atoms with Gasteiger partial charge in [0.25, 0.3) is 0 Å². The first-order valence-corrected chi connectivity index (χ1v) is 4.17. The van der Waals surface area contributed by atoms with Crippen LogP contribution >= 0.6 is 0 Å². The number of rotatable bonds is 3. The minimum atomic E-state index is -1.17. The fourth-order valence-corrected chi connectivity index (χ4v) is 0.942. The smallest absolute Gasteiger partial charge is 0.335 e. The van der Waals surface area contributed by atoms with Crippen LogP contribution in [-0.2, 0) is 16.0 Å². The minimum absolute atomic E-state index is 0.125. The molecule has 1 rings (SSSR count). The summed E-state index contributed by atoms with van der Waals surface area (Å²) >= 11 is 0. The predicted molar refractivity (Wildman–Crippen MR) is 48.5 cm³/mol. The lowest BCUT2D eigenvalue weighted by atomic mass is 10.2. The fourth-order valence-electron chi connectivity index (χ4n) is 0.942. The molecule has 0 aromatic carbocycles. The highest BCUT2D eigenvalue weighted by Crippen LogP contribution is 2.00. The third-order valence-corrected chi connectivity index (χ3v) is 1.71. The Bertz CT molecular complexity index is 310. The van der Waals surface area contributed by atoms with E-state index in [1.807, 2.05) is 6.92 Å². The molecule has 0 aliphatic carbocycles. The van der Waals surface area contributed by atoms with E-state index in [0.29, 0.717) is 5.69 Å². The van der Waals surface area contributed by atoms with Crippen molar-refractivity contribution in [1.82, 2.24) is 9.97 Å². The molecule has 1 aromatic rings. The van der Waals surface area contributed by atoms with Crippen molar-refractivity contribution in [1.29, 1.82) is 0 Å². The summed E-state index contributed by atoms with van der Waals surface area (Å²) in [5.74, 6) is -0.660. The van der Waals surface area contributed by atoms with Gasteiger partial charge in [-0.25, -0.2) is 4.79 Å². The molecule has 14 heavy (non-hydrogen) atoms. The van der Waals surface area contributed by atoms with Crippen LogP contribution in [0, 0.1) is 6.92 Å². The number of aromatic nitrogens is 2. The summed E-state index contributed by atoms with van der Waals surface area (Å²) in [5, 5.41) is 9.30. The number of carbonyl (C=O) groups excluding carboxylic acids is 1. The highest BCUT2D eigenvalue weighted by atomic mass is 16.5. The molecule has 1 unspecified atom stereocenters. The summed E-state index contributed by atoms with van der Waals surface area (Å²) < 4.78 is 4.37. The molecule has 0 radical (unpaired) electrons. The molecule has 0 saturated carbocycles. The van der Waals surface area contributed by atoms with Crippen LogP contribution in [0.2, 0.25) is 0 Å². The lowest BCUT2D eigenvalue weighted by Gasteiger charge is -2.06. The Hall–Kier alpha value is -1.49. The van der Waals surface area contributed by atoms with E-state index in [-0.39, 0.29) is 6.42 Å². The van der Waals surface area contributed by atoms with Gasteiger partial charge >= 0.3 is 5.97 Å². The molecule has 0 spiro atoms. The van der Waals surface area contributed by atoms with Crippen molar-refractivity contribution in [3.63, 3.8) is 0 Å². The lowest BCUT2D eigenvalue weighted by molar-refractivity contribution is -0.150. The number of aliphatic hydroxyl groups excluding tert-OH is 1. The maximum Gasteiger partial charge on any atom is 0.335 e. The summed E-state index contributed by atoms with van der Waals surface area (Å²) in [6.07, 6.45) is 2.07. The maximum atomic E-state index is 10.9. The van der Waals surface area contributed by atoms with Crippen LogP contribution in [0.15, 0.2) is 12.4 Å². The Morgan fingerprint density at radius 3 is 2.79 bits per heavy atom. The van der Waals surface area contributed by atoms with Gasteiger partial charge < -0.3 is 9.84 Å². The molecule has 1 atom stereocenters. The molecule has 0 aliphatic heterocycles. The zero-order valence-corrected chi connectivity index (χ0v) is 8.10. The van der Waals surface area contributed by atoms with Crippen LogP contribution < -0.4 is 0 Å². The van der Waals surface area contributed by atoms with Gasteiger partial charge in [0.05, 0.1) is 18.5 Å². The van der Waals surface area contributed by atoms with Crippen molar-refractivity contribution in [2.24, 2.45) is 0 Å². The molecule has 0 amide bonds. The SMILES string of the molecule is COC(=O)C(O)Cc1cnc(C)cn1. The van der Waals surface area contributed by atoms with Gasteiger partial charge in [-0.1, -0.05) is 0 Å². The zero-order chi connectivity index (χ0) is 10.6. The summed E-state index contributed by atoms with van der Waals surface area (Å²) in [6.45, 7) is 1.81. The number of hydrogen-bond acceptors (Lipinski definition) is 5. The Morgan fingerprint density at radius 1 is 1.57 bits per heavy atom. The van der Waals surface area contributed by atoms with E-state index in [9.17, 15) is 9.90 Å². The van der Waals surface area contributed by atoms with Gasteiger partial charge in [-0.3, -0.25) is 9.97 Å². The summed E-state index contributed by atoms with van der Waals surface area (Å²) in [4.78, 5) is 18.9. The number of methoxy groups -OCH3 is 1. The number of hydrogen-bond donors (Lipinski definition) is 1. The molecule has 0 saturated heterocycles. The second-order valence-corrected chi connectivity index (χ2v) is 2.89. The standard InChI is InChI=1S/C9H12N2O3/c1-6-4-11-7(5-10-6)3-8(12)9(13)14-2/h4-5,8,12H,3H2,1-2H3. The average Bonchev–Trinajstić information content (AvgIpc) is 2.20. The van der Waals surface area contributed by atoms with Gasteiger partial charge in [-0.2, -0.15) is 0 Å². The highest BCUT2D eigenvalue weighted by Gasteiger charge is 2.16. The first-order chi connectivity index (χ1) is 6.63. The van der Waals surface area contributed by atoms with Crippen LogP contribution in [0.4, 0.5) is 0 Å². The Morgan fingerprint density at radius 2 is 2.29 bits per heavy atom. The van der Waals surface area contributed by atoms with Gasteiger partial charge in [-0.15, -0.1) is 0 Å². The normalized spacial score (nSPS) is 12.2. The summed E-state index contributed by atoms with van der Waals surface area (Å²) in [5.41, 5.74) is 1.36. The average molecular weight is 196 g/mol. The molecular weight excluding hydrogens is 184 g/mol. The van der Waals surface area contributed by atoms with Gasteiger partial charge in [0.2, 0.25) is 0 Å². The Kier molecular flexibility index (Phi) is 3.53. The maximum absolute atomic E-state index is 10.9. The second-order valence-electron chi connectivity index (χ2n) is 2.89. The molecule has 0 aliphatic rings. The third kappa shape index (κ3) is 2.77. The fraction of sp³-hybridized carbons (Fsp3) is 0.444. The van der Waals surface area contributed by atoms with E-state index in [1.54, 1.807) is 6.20 Å². The first-order valence-electron chi connectivity index (χ1n) is 4.17. The Balaban J connectivity index is 2.60. The predicted octanol–water partition coefficient (Wildman–Crippen LogP) is -0.139. The van der Waals surface area contributed by atoms with Crippen molar-refractivity contribution in [3.8, 4) is 0 Å². The quantitative estimate of drug-likeness (QED) is 0.681. The second kappa shape index (κ2) is 4.66. The van der Waals surface area contributed by atoms with E-state index < -0.39 is 12.1 Å². The molecule has 0 bridgehead atoms. The third-order valence-electron chi connectivity index (χ3n) is 1.71. The Labute approximate surface area is 81.8 Å². The van der Waals surface area contributed by atoms with Gasteiger partial charge in [0.15, 0.2) is 6.10 Å².